The van der Waals surface area contributed by atoms with Gasteiger partial charge in [0.15, 0.2) is 17.3 Å². The third-order valence-electron chi connectivity index (χ3n) is 7.62. The fourth-order valence-corrected chi connectivity index (χ4v) is 5.25. The quantitative estimate of drug-likeness (QED) is 0.176. The number of aliphatic hydroxyl groups is 6. The molecule has 0 unspecified atom stereocenters. The maximum Gasteiger partial charge on any atom is 0.197 e. The van der Waals surface area contributed by atoms with Gasteiger partial charge in [0.25, 0.3) is 0 Å². The summed E-state index contributed by atoms with van der Waals surface area (Å²) in [5.41, 5.74) is -0.891. The Balaban J connectivity index is 1.66. The number of phenols is 2. The van der Waals surface area contributed by atoms with Crippen LogP contribution >= 0.6 is 0 Å². The van der Waals surface area contributed by atoms with Crippen molar-refractivity contribution in [1.82, 2.24) is 0 Å². The van der Waals surface area contributed by atoms with Gasteiger partial charge in [-0.2, -0.15) is 0 Å². The van der Waals surface area contributed by atoms with Crippen LogP contribution in [0.2, 0.25) is 0 Å². The number of ether oxygens (including phenoxy) is 4. The summed E-state index contributed by atoms with van der Waals surface area (Å²) in [5, 5.41) is 83.7. The Morgan fingerprint density at radius 2 is 1.55 bits per heavy atom. The van der Waals surface area contributed by atoms with Crippen LogP contribution in [0.5, 0.6) is 17.2 Å². The fourth-order valence-electron chi connectivity index (χ4n) is 5.25. The van der Waals surface area contributed by atoms with E-state index >= 15 is 0 Å². The van der Waals surface area contributed by atoms with E-state index < -0.39 is 84.8 Å². The summed E-state index contributed by atoms with van der Waals surface area (Å²) in [5.74, 6) is -0.699. The Labute approximate surface area is 238 Å². The molecule has 2 aromatic carbocycles. The van der Waals surface area contributed by atoms with Crippen molar-refractivity contribution in [3.05, 3.63) is 52.2 Å². The summed E-state index contributed by atoms with van der Waals surface area (Å²) >= 11 is 0. The van der Waals surface area contributed by atoms with Crippen LogP contribution in [0.3, 0.4) is 0 Å². The van der Waals surface area contributed by atoms with Crippen LogP contribution < -0.4 is 10.2 Å². The van der Waals surface area contributed by atoms with Gasteiger partial charge in [-0.15, -0.1) is 0 Å². The SMILES string of the molecule is COc1ccc(-c2cc(=O)c3c(O)cc(O)c([C@@H]4O[C@H](CO)[C@H](O)[C@H](O)[C@@H]4O[C@@H]4O[C@H](C)[C@@H](O)[C@H](O)[C@@H]4O)c3o2)cc1. The molecule has 0 amide bonds. The van der Waals surface area contributed by atoms with Crippen molar-refractivity contribution in [1.29, 1.82) is 0 Å². The van der Waals surface area contributed by atoms with E-state index in [1.165, 1.54) is 14.0 Å². The second-order valence-corrected chi connectivity index (χ2v) is 10.3. The van der Waals surface area contributed by atoms with Gasteiger partial charge in [0.05, 0.1) is 25.4 Å². The average molecular weight is 593 g/mol. The van der Waals surface area contributed by atoms with Gasteiger partial charge in [0.2, 0.25) is 0 Å². The predicted octanol–water partition coefficient (Wildman–Crippen LogP) is -0.754. The summed E-state index contributed by atoms with van der Waals surface area (Å²) in [7, 11) is 1.48. The molecule has 0 radical (unpaired) electrons. The monoisotopic (exact) mass is 592 g/mol. The number of aromatic hydroxyl groups is 2. The molecule has 228 valence electrons. The highest BCUT2D eigenvalue weighted by atomic mass is 16.7. The lowest BCUT2D eigenvalue weighted by Gasteiger charge is -2.46. The molecule has 14 heteroatoms. The molecular weight excluding hydrogens is 560 g/mol. The number of hydrogen-bond donors (Lipinski definition) is 8. The highest BCUT2D eigenvalue weighted by Gasteiger charge is 2.51. The highest BCUT2D eigenvalue weighted by molar-refractivity contribution is 5.89. The van der Waals surface area contributed by atoms with Crippen molar-refractivity contribution in [3.8, 4) is 28.6 Å². The molecule has 42 heavy (non-hydrogen) atoms. The van der Waals surface area contributed by atoms with Crippen molar-refractivity contribution in [2.24, 2.45) is 0 Å². The second-order valence-electron chi connectivity index (χ2n) is 10.3. The first-order chi connectivity index (χ1) is 20.0. The largest absolute Gasteiger partial charge is 0.507 e. The van der Waals surface area contributed by atoms with Gasteiger partial charge >= 0.3 is 0 Å². The van der Waals surface area contributed by atoms with Crippen molar-refractivity contribution in [2.75, 3.05) is 13.7 Å². The Morgan fingerprint density at radius 1 is 0.857 bits per heavy atom. The fraction of sp³-hybridized carbons (Fsp3) is 0.464. The normalized spacial score (nSPS) is 33.5. The second kappa shape index (κ2) is 11.8. The highest BCUT2D eigenvalue weighted by Crippen LogP contribution is 2.45. The lowest BCUT2D eigenvalue weighted by Crippen LogP contribution is -2.61. The van der Waals surface area contributed by atoms with E-state index in [1.807, 2.05) is 0 Å². The predicted molar refractivity (Wildman–Crippen MR) is 142 cm³/mol. The lowest BCUT2D eigenvalue weighted by molar-refractivity contribution is -0.338. The number of benzene rings is 2. The van der Waals surface area contributed by atoms with E-state index in [0.29, 0.717) is 11.3 Å². The molecule has 0 aliphatic carbocycles. The number of aliphatic hydroxyl groups excluding tert-OH is 6. The Bertz CT molecular complexity index is 1470. The summed E-state index contributed by atoms with van der Waals surface area (Å²) in [6, 6.07) is 8.47. The van der Waals surface area contributed by atoms with E-state index in [2.05, 4.69) is 0 Å². The van der Waals surface area contributed by atoms with Crippen LogP contribution in [0.25, 0.3) is 22.3 Å². The van der Waals surface area contributed by atoms with Crippen molar-refractivity contribution in [3.63, 3.8) is 0 Å². The van der Waals surface area contributed by atoms with Crippen LogP contribution in [-0.4, -0.2) is 110 Å². The number of rotatable bonds is 6. The lowest BCUT2D eigenvalue weighted by atomic mass is 9.89. The van der Waals surface area contributed by atoms with Crippen LogP contribution in [0.15, 0.2) is 45.6 Å². The van der Waals surface area contributed by atoms with Gasteiger partial charge in [-0.3, -0.25) is 4.79 Å². The van der Waals surface area contributed by atoms with Gasteiger partial charge in [-0.1, -0.05) is 0 Å². The molecule has 2 aliphatic rings. The van der Waals surface area contributed by atoms with Crippen molar-refractivity contribution >= 4 is 11.0 Å². The van der Waals surface area contributed by atoms with Crippen LogP contribution in [0.4, 0.5) is 0 Å². The molecular formula is C28H32O14. The van der Waals surface area contributed by atoms with Crippen LogP contribution in [0, 0.1) is 0 Å². The maximum atomic E-state index is 13.2. The van der Waals surface area contributed by atoms with E-state index in [4.69, 9.17) is 23.4 Å². The topological polar surface area (TPSA) is 229 Å². The number of phenolic OH excluding ortho intramolecular Hbond substituents is 2. The van der Waals surface area contributed by atoms with E-state index in [0.717, 1.165) is 12.1 Å². The number of methoxy groups -OCH3 is 1. The van der Waals surface area contributed by atoms with Gasteiger partial charge in [-0.05, 0) is 31.2 Å². The Morgan fingerprint density at radius 3 is 2.19 bits per heavy atom. The van der Waals surface area contributed by atoms with E-state index in [-0.39, 0.29) is 22.3 Å². The molecule has 1 aromatic heterocycles. The zero-order valence-electron chi connectivity index (χ0n) is 22.5. The first-order valence-corrected chi connectivity index (χ1v) is 13.1. The Kier molecular flexibility index (Phi) is 8.44. The molecule has 3 aromatic rings. The minimum absolute atomic E-state index is 0.0333. The summed E-state index contributed by atoms with van der Waals surface area (Å²) in [6.45, 7) is 0.635. The third kappa shape index (κ3) is 5.21. The smallest absolute Gasteiger partial charge is 0.197 e. The standard InChI is InChI=1S/C28H32O14/c1-10-20(33)22(35)24(37)28(39-10)42-27-23(36)21(34)17(9-29)41-26(27)19-14(31)7-13(30)18-15(32)8-16(40-25(18)19)11-3-5-12(38-2)6-4-11/h3-8,10,17,20-24,26-31,33-37H,9H2,1-2H3/t10-,17-,20-,21+,22+,23+,24+,26+,27+,28+/m1/s1. The van der Waals surface area contributed by atoms with Crippen molar-refractivity contribution < 1.29 is 64.2 Å². The zero-order chi connectivity index (χ0) is 30.5. The molecule has 5 rings (SSSR count). The maximum absolute atomic E-state index is 13.2. The zero-order valence-corrected chi connectivity index (χ0v) is 22.5. The van der Waals surface area contributed by atoms with E-state index in [1.54, 1.807) is 24.3 Å². The molecule has 2 aliphatic heterocycles. The molecule has 0 bridgehead atoms. The minimum Gasteiger partial charge on any atom is -0.507 e. The molecule has 0 spiro atoms. The number of hydrogen-bond acceptors (Lipinski definition) is 14. The molecule has 3 heterocycles. The number of fused-ring (bicyclic) bond motifs is 1. The van der Waals surface area contributed by atoms with Crippen LogP contribution in [-0.2, 0) is 14.2 Å². The van der Waals surface area contributed by atoms with Gasteiger partial charge in [0.1, 0.15) is 77.2 Å². The van der Waals surface area contributed by atoms with E-state index in [9.17, 15) is 45.6 Å². The molecule has 14 nitrogen and oxygen atoms in total. The molecule has 8 N–H and O–H groups in total. The molecule has 2 fully saturated rings. The first kappa shape index (κ1) is 30.2. The van der Waals surface area contributed by atoms with Gasteiger partial charge in [-0.25, -0.2) is 0 Å². The van der Waals surface area contributed by atoms with Gasteiger partial charge < -0.3 is 64.2 Å². The van der Waals surface area contributed by atoms with Gasteiger partial charge in [0, 0.05) is 17.7 Å². The van der Waals surface area contributed by atoms with Crippen molar-refractivity contribution in [2.45, 2.75) is 68.1 Å². The Hall–Kier alpha value is -3.31. The molecule has 2 saturated heterocycles. The molecule has 10 atom stereocenters. The molecule has 0 saturated carbocycles. The summed E-state index contributed by atoms with van der Waals surface area (Å²) < 4.78 is 28.4. The first-order valence-electron chi connectivity index (χ1n) is 13.1. The van der Waals surface area contributed by atoms with Crippen LogP contribution in [0.1, 0.15) is 18.6 Å². The average Bonchev–Trinajstić information content (AvgIpc) is 2.97. The summed E-state index contributed by atoms with van der Waals surface area (Å²) in [4.78, 5) is 13.2. The minimum atomic E-state index is -1.84. The third-order valence-corrected chi connectivity index (χ3v) is 7.62. The summed E-state index contributed by atoms with van der Waals surface area (Å²) in [6.07, 6.45) is -15.9.